The Morgan fingerprint density at radius 3 is 1.07 bits per heavy atom. The number of hydrogen-bond donors (Lipinski definition) is 4. The molecule has 0 amide bonds. The maximum atomic E-state index is 9.60. The van der Waals surface area contributed by atoms with Gasteiger partial charge in [-0.15, -0.1) is 0 Å². The minimum absolute atomic E-state index is 0.318. The van der Waals surface area contributed by atoms with Gasteiger partial charge in [-0.3, -0.25) is 4.79 Å². The van der Waals surface area contributed by atoms with Crippen molar-refractivity contribution in [3.63, 3.8) is 0 Å². The summed E-state index contributed by atoms with van der Waals surface area (Å²) in [5, 5.41) is 22.0. The molecule has 0 saturated carbocycles. The molecule has 0 unspecified atom stereocenters. The predicted octanol–water partition coefficient (Wildman–Crippen LogP) is 2.02. The molecule has 0 fully saturated rings. The minimum Gasteiger partial charge on any atom is -0.462 e. The standard InChI is InChI=1S/C5H10O2.4CH3N/c1-5(2,3)7-4-6;4*1-2/h4H,1-3H3;4*2H,1H2. The molecule has 0 spiro atoms. The van der Waals surface area contributed by atoms with Crippen molar-refractivity contribution in [2.45, 2.75) is 26.4 Å². The van der Waals surface area contributed by atoms with Crippen LogP contribution in [-0.2, 0) is 9.53 Å². The van der Waals surface area contributed by atoms with Crippen LogP contribution < -0.4 is 0 Å². The fraction of sp³-hybridized carbons (Fsp3) is 0.444. The molecule has 4 N–H and O–H groups in total. The molecule has 0 atom stereocenters. The quantitative estimate of drug-likeness (QED) is 0.397. The van der Waals surface area contributed by atoms with Crippen LogP contribution in [0.1, 0.15) is 20.8 Å². The number of hydrogen-bond acceptors (Lipinski definition) is 6. The van der Waals surface area contributed by atoms with Crippen LogP contribution in [0.4, 0.5) is 0 Å². The van der Waals surface area contributed by atoms with Crippen LogP contribution in [0, 0.1) is 21.6 Å². The van der Waals surface area contributed by atoms with E-state index in [9.17, 15) is 4.79 Å². The molecule has 0 heterocycles. The van der Waals surface area contributed by atoms with E-state index in [0.717, 1.165) is 0 Å². The van der Waals surface area contributed by atoms with Crippen molar-refractivity contribution in [3.8, 4) is 0 Å². The van der Waals surface area contributed by atoms with Gasteiger partial charge in [0.2, 0.25) is 0 Å². The zero-order valence-corrected chi connectivity index (χ0v) is 9.72. The van der Waals surface area contributed by atoms with Crippen molar-refractivity contribution in [2.24, 2.45) is 0 Å². The van der Waals surface area contributed by atoms with Gasteiger partial charge < -0.3 is 26.4 Å². The first-order valence-corrected chi connectivity index (χ1v) is 3.59. The summed E-state index contributed by atoms with van der Waals surface area (Å²) in [6.07, 6.45) is 0. The molecule has 0 saturated heterocycles. The molecule has 0 aliphatic heterocycles. The largest absolute Gasteiger partial charge is 0.462 e. The van der Waals surface area contributed by atoms with E-state index in [-0.39, 0.29) is 5.60 Å². The molecular weight excluding hydrogens is 196 g/mol. The molecule has 0 radical (unpaired) electrons. The van der Waals surface area contributed by atoms with Gasteiger partial charge in [-0.1, -0.05) is 0 Å². The number of ether oxygens (including phenoxy) is 1. The Labute approximate surface area is 91.7 Å². The Balaban J connectivity index is -0.0000000353. The van der Waals surface area contributed by atoms with Crippen molar-refractivity contribution >= 4 is 33.3 Å². The van der Waals surface area contributed by atoms with Gasteiger partial charge in [-0.05, 0) is 47.6 Å². The molecule has 0 aromatic carbocycles. The lowest BCUT2D eigenvalue weighted by Crippen LogP contribution is -2.17. The second-order valence-corrected chi connectivity index (χ2v) is 2.33. The van der Waals surface area contributed by atoms with Crippen molar-refractivity contribution in [1.82, 2.24) is 0 Å². The summed E-state index contributed by atoms with van der Waals surface area (Å²) in [4.78, 5) is 9.60. The van der Waals surface area contributed by atoms with Crippen molar-refractivity contribution in [1.29, 1.82) is 21.6 Å². The average molecular weight is 218 g/mol. The monoisotopic (exact) mass is 218 g/mol. The predicted molar refractivity (Wildman–Crippen MR) is 66.3 cm³/mol. The van der Waals surface area contributed by atoms with Crippen LogP contribution in [-0.4, -0.2) is 38.9 Å². The Kier molecular flexibility index (Phi) is 77.8. The summed E-state index contributed by atoms with van der Waals surface area (Å²) in [5.41, 5.74) is -0.318. The Morgan fingerprint density at radius 2 is 1.07 bits per heavy atom. The summed E-state index contributed by atoms with van der Waals surface area (Å²) in [5.74, 6) is 0. The van der Waals surface area contributed by atoms with Gasteiger partial charge in [0.15, 0.2) is 0 Å². The highest BCUT2D eigenvalue weighted by Crippen LogP contribution is 2.02. The highest BCUT2D eigenvalue weighted by Gasteiger charge is 2.07. The number of nitrogens with one attached hydrogen (secondary N) is 4. The van der Waals surface area contributed by atoms with E-state index in [2.05, 4.69) is 31.6 Å². The molecule has 0 bridgehead atoms. The van der Waals surface area contributed by atoms with Gasteiger partial charge >= 0.3 is 0 Å². The third kappa shape index (κ3) is 271. The maximum absolute atomic E-state index is 9.60. The fourth-order valence-electron chi connectivity index (χ4n) is 0.144. The van der Waals surface area contributed by atoms with Gasteiger partial charge in [0.25, 0.3) is 6.47 Å². The molecule has 0 aromatic rings. The summed E-state index contributed by atoms with van der Waals surface area (Å²) in [7, 11) is 0. The first-order valence-electron chi connectivity index (χ1n) is 3.59. The molecule has 15 heavy (non-hydrogen) atoms. The normalized spacial score (nSPS) is 6.07. The van der Waals surface area contributed by atoms with Crippen molar-refractivity contribution in [3.05, 3.63) is 0 Å². The molecule has 0 aromatic heterocycles. The van der Waals surface area contributed by atoms with Crippen LogP contribution in [0.5, 0.6) is 0 Å². The van der Waals surface area contributed by atoms with Gasteiger partial charge in [-0.2, -0.15) is 0 Å². The molecule has 0 rings (SSSR count). The van der Waals surface area contributed by atoms with Crippen molar-refractivity contribution in [2.75, 3.05) is 0 Å². The number of carbonyl (C=O) groups is 1. The van der Waals surface area contributed by atoms with Crippen LogP contribution >= 0.6 is 0 Å². The topological polar surface area (TPSA) is 122 Å². The van der Waals surface area contributed by atoms with Gasteiger partial charge in [0, 0.05) is 0 Å². The highest BCUT2D eigenvalue weighted by molar-refractivity contribution is 5.37. The Bertz CT molecular complexity index is 107. The van der Waals surface area contributed by atoms with E-state index in [1.54, 1.807) is 0 Å². The van der Waals surface area contributed by atoms with E-state index < -0.39 is 0 Å². The molecule has 0 aliphatic carbocycles. The van der Waals surface area contributed by atoms with Crippen LogP contribution in [0.25, 0.3) is 0 Å². The smallest absolute Gasteiger partial charge is 0.293 e. The van der Waals surface area contributed by atoms with E-state index in [0.29, 0.717) is 6.47 Å². The minimum atomic E-state index is -0.318. The van der Waals surface area contributed by atoms with Crippen LogP contribution in [0.15, 0.2) is 0 Å². The third-order valence-corrected chi connectivity index (χ3v) is 0.402. The number of carbonyl (C=O) groups excluding carboxylic acids is 1. The molecule has 0 aliphatic rings. The second-order valence-electron chi connectivity index (χ2n) is 2.33. The molecule has 90 valence electrons. The SMILES string of the molecule is C=N.C=N.C=N.C=N.CC(C)(C)OC=O. The summed E-state index contributed by atoms with van der Waals surface area (Å²) in [6.45, 7) is 15.9. The highest BCUT2D eigenvalue weighted by atomic mass is 16.5. The van der Waals surface area contributed by atoms with Gasteiger partial charge in [-0.25, -0.2) is 0 Å². The van der Waals surface area contributed by atoms with Crippen LogP contribution in [0.3, 0.4) is 0 Å². The van der Waals surface area contributed by atoms with Gasteiger partial charge in [0.05, 0.1) is 0 Å². The lowest BCUT2D eigenvalue weighted by Gasteiger charge is -2.14. The first kappa shape index (κ1) is 29.2. The fourth-order valence-corrected chi connectivity index (χ4v) is 0.144. The summed E-state index contributed by atoms with van der Waals surface area (Å²) in [6, 6.07) is 0. The van der Waals surface area contributed by atoms with E-state index in [1.165, 1.54) is 0 Å². The van der Waals surface area contributed by atoms with Gasteiger partial charge in [0.1, 0.15) is 5.60 Å². The maximum Gasteiger partial charge on any atom is 0.293 e. The first-order chi connectivity index (χ1) is 7.06. The Morgan fingerprint density at radius 1 is 0.867 bits per heavy atom. The summed E-state index contributed by atoms with van der Waals surface area (Å²) < 4.78 is 4.55. The lowest BCUT2D eigenvalue weighted by molar-refractivity contribution is -0.138. The van der Waals surface area contributed by atoms with E-state index in [4.69, 9.17) is 21.6 Å². The third-order valence-electron chi connectivity index (χ3n) is 0.402. The lowest BCUT2D eigenvalue weighted by atomic mass is 10.2. The van der Waals surface area contributed by atoms with E-state index in [1.807, 2.05) is 20.8 Å². The van der Waals surface area contributed by atoms with Crippen LogP contribution in [0.2, 0.25) is 0 Å². The van der Waals surface area contributed by atoms with Crippen molar-refractivity contribution < 1.29 is 9.53 Å². The average Bonchev–Trinajstić information content (AvgIpc) is 2.28. The zero-order valence-electron chi connectivity index (χ0n) is 9.72. The number of rotatable bonds is 1. The summed E-state index contributed by atoms with van der Waals surface area (Å²) >= 11 is 0. The molecular formula is C9H22N4O2. The zero-order chi connectivity index (χ0) is 13.9. The molecule has 6 heteroatoms. The Hall–Kier alpha value is -1.85. The molecule has 6 nitrogen and oxygen atoms in total. The second kappa shape index (κ2) is 39.9. The van der Waals surface area contributed by atoms with E-state index >= 15 is 0 Å².